The maximum atomic E-state index is 11.8. The lowest BCUT2D eigenvalue weighted by Crippen LogP contribution is -2.18. The average molecular weight is 272 g/mol. The van der Waals surface area contributed by atoms with Crippen molar-refractivity contribution in [1.82, 2.24) is 0 Å². The first kappa shape index (κ1) is 14.9. The number of hydrogen-bond donors (Lipinski definition) is 2. The number of benzene rings is 1. The van der Waals surface area contributed by atoms with Crippen LogP contribution in [0.1, 0.15) is 24.9 Å². The van der Waals surface area contributed by atoms with E-state index >= 15 is 0 Å². The molecule has 0 bridgehead atoms. The van der Waals surface area contributed by atoms with Crippen molar-refractivity contribution in [1.29, 1.82) is 0 Å². The molecular weight excluding hydrogens is 252 g/mol. The van der Waals surface area contributed by atoms with Crippen LogP contribution in [0.3, 0.4) is 0 Å². The molecule has 6 heteroatoms. The Kier molecular flexibility index (Phi) is 5.58. The van der Waals surface area contributed by atoms with Crippen LogP contribution in [0, 0.1) is 0 Å². The number of sulfonamides is 1. The van der Waals surface area contributed by atoms with Gasteiger partial charge >= 0.3 is 0 Å². The van der Waals surface area contributed by atoms with Crippen LogP contribution >= 0.6 is 0 Å². The van der Waals surface area contributed by atoms with Crippen molar-refractivity contribution in [3.63, 3.8) is 0 Å². The SMILES string of the molecule is COCCCS(=O)(=O)Nc1cccc(C(C)N)c1. The third-order valence-corrected chi connectivity index (χ3v) is 3.82. The van der Waals surface area contributed by atoms with Gasteiger partial charge < -0.3 is 10.5 Å². The summed E-state index contributed by atoms with van der Waals surface area (Å²) >= 11 is 0. The zero-order chi connectivity index (χ0) is 13.6. The zero-order valence-electron chi connectivity index (χ0n) is 10.7. The Hall–Kier alpha value is -1.11. The monoisotopic (exact) mass is 272 g/mol. The zero-order valence-corrected chi connectivity index (χ0v) is 11.5. The number of methoxy groups -OCH3 is 1. The molecule has 102 valence electrons. The molecule has 0 saturated carbocycles. The molecule has 0 amide bonds. The summed E-state index contributed by atoms with van der Waals surface area (Å²) in [6, 6.07) is 6.99. The first-order valence-electron chi connectivity index (χ1n) is 5.79. The molecule has 0 heterocycles. The van der Waals surface area contributed by atoms with Crippen molar-refractivity contribution in [3.8, 4) is 0 Å². The molecule has 1 atom stereocenters. The molecule has 0 radical (unpaired) electrons. The predicted octanol–water partition coefficient (Wildman–Crippen LogP) is 1.48. The van der Waals surface area contributed by atoms with Gasteiger partial charge in [-0.25, -0.2) is 8.42 Å². The van der Waals surface area contributed by atoms with Crippen LogP contribution < -0.4 is 10.5 Å². The summed E-state index contributed by atoms with van der Waals surface area (Å²) in [5, 5.41) is 0. The van der Waals surface area contributed by atoms with Crippen molar-refractivity contribution in [2.75, 3.05) is 24.2 Å². The molecule has 0 aliphatic rings. The minimum absolute atomic E-state index is 0.0449. The van der Waals surface area contributed by atoms with Crippen LogP contribution in [0.4, 0.5) is 5.69 Å². The highest BCUT2D eigenvalue weighted by Crippen LogP contribution is 2.16. The van der Waals surface area contributed by atoms with Gasteiger partial charge in [0.25, 0.3) is 0 Å². The van der Waals surface area contributed by atoms with Crippen LogP contribution in [-0.2, 0) is 14.8 Å². The van der Waals surface area contributed by atoms with E-state index in [-0.39, 0.29) is 11.8 Å². The van der Waals surface area contributed by atoms with E-state index < -0.39 is 10.0 Å². The van der Waals surface area contributed by atoms with E-state index in [1.54, 1.807) is 25.3 Å². The van der Waals surface area contributed by atoms with Crippen molar-refractivity contribution in [3.05, 3.63) is 29.8 Å². The van der Waals surface area contributed by atoms with Gasteiger partial charge in [0.15, 0.2) is 0 Å². The van der Waals surface area contributed by atoms with Gasteiger partial charge in [-0.3, -0.25) is 4.72 Å². The largest absolute Gasteiger partial charge is 0.385 e. The summed E-state index contributed by atoms with van der Waals surface area (Å²) in [5.74, 6) is 0.0449. The van der Waals surface area contributed by atoms with Crippen molar-refractivity contribution in [2.24, 2.45) is 5.73 Å². The first-order chi connectivity index (χ1) is 8.44. The van der Waals surface area contributed by atoms with E-state index in [2.05, 4.69) is 4.72 Å². The lowest BCUT2D eigenvalue weighted by molar-refractivity contribution is 0.199. The number of nitrogens with two attached hydrogens (primary N) is 1. The second-order valence-corrected chi connectivity index (χ2v) is 6.02. The van der Waals surface area contributed by atoms with E-state index in [0.29, 0.717) is 18.7 Å². The average Bonchev–Trinajstić information content (AvgIpc) is 2.28. The summed E-state index contributed by atoms with van der Waals surface area (Å²) < 4.78 is 30.9. The fourth-order valence-electron chi connectivity index (χ4n) is 1.51. The number of rotatable bonds is 7. The highest BCUT2D eigenvalue weighted by Gasteiger charge is 2.10. The topological polar surface area (TPSA) is 81.4 Å². The third-order valence-electron chi connectivity index (χ3n) is 2.45. The van der Waals surface area contributed by atoms with Crippen LogP contribution in [0.15, 0.2) is 24.3 Å². The highest BCUT2D eigenvalue weighted by molar-refractivity contribution is 7.92. The lowest BCUT2D eigenvalue weighted by Gasteiger charge is -2.11. The van der Waals surface area contributed by atoms with E-state index in [4.69, 9.17) is 10.5 Å². The third kappa shape index (κ3) is 5.03. The molecule has 0 saturated heterocycles. The van der Waals surface area contributed by atoms with Crippen molar-refractivity contribution in [2.45, 2.75) is 19.4 Å². The normalized spacial score (nSPS) is 13.3. The molecular formula is C12H20N2O3S. The van der Waals surface area contributed by atoms with Crippen LogP contribution in [0.2, 0.25) is 0 Å². The van der Waals surface area contributed by atoms with Crippen LogP contribution in [0.5, 0.6) is 0 Å². The molecule has 1 aromatic carbocycles. The van der Waals surface area contributed by atoms with Gasteiger partial charge in [-0.1, -0.05) is 12.1 Å². The Morgan fingerprint density at radius 2 is 2.17 bits per heavy atom. The molecule has 5 nitrogen and oxygen atoms in total. The van der Waals surface area contributed by atoms with Crippen LogP contribution in [-0.4, -0.2) is 27.9 Å². The Morgan fingerprint density at radius 3 is 2.78 bits per heavy atom. The molecule has 18 heavy (non-hydrogen) atoms. The molecule has 3 N–H and O–H groups in total. The Balaban J connectivity index is 2.69. The molecule has 0 aliphatic heterocycles. The van der Waals surface area contributed by atoms with Crippen LogP contribution in [0.25, 0.3) is 0 Å². The standard InChI is InChI=1S/C12H20N2O3S/c1-10(13)11-5-3-6-12(9-11)14-18(15,16)8-4-7-17-2/h3,5-6,9-10,14H,4,7-8,13H2,1-2H3. The second-order valence-electron chi connectivity index (χ2n) is 4.18. The number of hydrogen-bond acceptors (Lipinski definition) is 4. The maximum absolute atomic E-state index is 11.8. The fraction of sp³-hybridized carbons (Fsp3) is 0.500. The summed E-state index contributed by atoms with van der Waals surface area (Å²) in [5.41, 5.74) is 7.19. The molecule has 1 rings (SSSR count). The van der Waals surface area contributed by atoms with Gasteiger partial charge in [-0.15, -0.1) is 0 Å². The molecule has 0 spiro atoms. The van der Waals surface area contributed by atoms with Crippen molar-refractivity contribution < 1.29 is 13.2 Å². The minimum atomic E-state index is -3.32. The molecule has 1 unspecified atom stereocenters. The predicted molar refractivity (Wildman–Crippen MR) is 72.9 cm³/mol. The molecule has 0 aliphatic carbocycles. The summed E-state index contributed by atoms with van der Waals surface area (Å²) in [6.07, 6.45) is 0.471. The van der Waals surface area contributed by atoms with E-state index in [9.17, 15) is 8.42 Å². The minimum Gasteiger partial charge on any atom is -0.385 e. The van der Waals surface area contributed by atoms with Gasteiger partial charge in [-0.05, 0) is 31.0 Å². The number of anilines is 1. The molecule has 0 aromatic heterocycles. The lowest BCUT2D eigenvalue weighted by atomic mass is 10.1. The summed E-state index contributed by atoms with van der Waals surface area (Å²) in [7, 11) is -1.77. The number of nitrogens with one attached hydrogen (secondary N) is 1. The Morgan fingerprint density at radius 1 is 1.44 bits per heavy atom. The van der Waals surface area contributed by atoms with Gasteiger partial charge in [0, 0.05) is 25.4 Å². The molecule has 0 fully saturated rings. The quantitative estimate of drug-likeness (QED) is 0.737. The van der Waals surface area contributed by atoms with E-state index in [0.717, 1.165) is 5.56 Å². The fourth-order valence-corrected chi connectivity index (χ4v) is 2.60. The Labute approximate surface area is 108 Å². The van der Waals surface area contributed by atoms with Gasteiger partial charge in [0.2, 0.25) is 10.0 Å². The van der Waals surface area contributed by atoms with Gasteiger partial charge in [0.05, 0.1) is 5.75 Å². The summed E-state index contributed by atoms with van der Waals surface area (Å²) in [4.78, 5) is 0. The Bertz CT molecular complexity index is 472. The van der Waals surface area contributed by atoms with Gasteiger partial charge in [0.1, 0.15) is 0 Å². The second kappa shape index (κ2) is 6.72. The summed E-state index contributed by atoms with van der Waals surface area (Å²) in [6.45, 7) is 2.28. The van der Waals surface area contributed by atoms with E-state index in [1.807, 2.05) is 13.0 Å². The first-order valence-corrected chi connectivity index (χ1v) is 7.45. The highest BCUT2D eigenvalue weighted by atomic mass is 32.2. The molecule has 1 aromatic rings. The van der Waals surface area contributed by atoms with Gasteiger partial charge in [-0.2, -0.15) is 0 Å². The maximum Gasteiger partial charge on any atom is 0.232 e. The number of ether oxygens (including phenoxy) is 1. The van der Waals surface area contributed by atoms with E-state index in [1.165, 1.54) is 0 Å². The smallest absolute Gasteiger partial charge is 0.232 e. The van der Waals surface area contributed by atoms with Crippen molar-refractivity contribution >= 4 is 15.7 Å².